The van der Waals surface area contributed by atoms with E-state index in [0.717, 1.165) is 10.6 Å². The number of benzene rings is 1. The minimum absolute atomic E-state index is 0.0712. The number of thiophene rings is 1. The van der Waals surface area contributed by atoms with Crippen LogP contribution < -0.4 is 4.90 Å². The maximum Gasteiger partial charge on any atom is 0.253 e. The summed E-state index contributed by atoms with van der Waals surface area (Å²) in [5, 5.41) is 2.74. The van der Waals surface area contributed by atoms with Gasteiger partial charge in [0.05, 0.1) is 10.2 Å². The maximum atomic E-state index is 13.3. The Bertz CT molecular complexity index is 1240. The van der Waals surface area contributed by atoms with Gasteiger partial charge >= 0.3 is 0 Å². The zero-order valence-corrected chi connectivity index (χ0v) is 20.6. The number of hydrogen-bond donors (Lipinski definition) is 0. The minimum Gasteiger partial charge on any atom is -0.345 e. The van der Waals surface area contributed by atoms with Crippen molar-refractivity contribution in [3.8, 4) is 0 Å². The highest BCUT2D eigenvalue weighted by Crippen LogP contribution is 2.33. The second-order valence-electron chi connectivity index (χ2n) is 8.44. The third-order valence-electron chi connectivity index (χ3n) is 6.22. The lowest BCUT2D eigenvalue weighted by molar-refractivity contribution is -0.134. The van der Waals surface area contributed by atoms with E-state index in [4.69, 9.17) is 4.98 Å². The highest BCUT2D eigenvalue weighted by atomic mass is 32.2. The molecule has 2 aliphatic rings. The minimum atomic E-state index is -3.62. The van der Waals surface area contributed by atoms with Crippen LogP contribution in [0, 0.1) is 13.8 Å². The predicted molar refractivity (Wildman–Crippen MR) is 129 cm³/mol. The van der Waals surface area contributed by atoms with Crippen LogP contribution in [0.1, 0.15) is 24.0 Å². The number of sulfonamides is 1. The van der Waals surface area contributed by atoms with E-state index in [1.54, 1.807) is 28.8 Å². The Morgan fingerprint density at radius 1 is 1.12 bits per heavy atom. The van der Waals surface area contributed by atoms with Gasteiger partial charge in [-0.05, 0) is 55.3 Å². The van der Waals surface area contributed by atoms with Gasteiger partial charge in [0.25, 0.3) is 10.0 Å². The van der Waals surface area contributed by atoms with E-state index >= 15 is 0 Å². The second kappa shape index (κ2) is 8.40. The van der Waals surface area contributed by atoms with Crippen LogP contribution in [-0.2, 0) is 14.8 Å². The molecule has 1 aromatic carbocycles. The van der Waals surface area contributed by atoms with Crippen LogP contribution in [0.25, 0.3) is 10.2 Å². The number of hydrogen-bond acceptors (Lipinski definition) is 7. The lowest BCUT2D eigenvalue weighted by Crippen LogP contribution is -2.54. The van der Waals surface area contributed by atoms with Crippen LogP contribution in [-0.4, -0.2) is 67.3 Å². The summed E-state index contributed by atoms with van der Waals surface area (Å²) in [6, 6.07) is 7.04. The molecule has 2 fully saturated rings. The number of piperazine rings is 1. The third-order valence-corrected chi connectivity index (χ3v) is 10.8. The molecule has 2 aromatic heterocycles. The first-order valence-electron chi connectivity index (χ1n) is 10.8. The van der Waals surface area contributed by atoms with Gasteiger partial charge in [0.15, 0.2) is 5.13 Å². The van der Waals surface area contributed by atoms with Crippen LogP contribution in [0.4, 0.5) is 5.13 Å². The van der Waals surface area contributed by atoms with E-state index in [2.05, 4.69) is 30.9 Å². The largest absolute Gasteiger partial charge is 0.345 e. The Morgan fingerprint density at radius 2 is 1.91 bits per heavy atom. The van der Waals surface area contributed by atoms with Gasteiger partial charge in [-0.1, -0.05) is 23.5 Å². The second-order valence-corrected chi connectivity index (χ2v) is 12.5. The van der Waals surface area contributed by atoms with Gasteiger partial charge in [0.1, 0.15) is 10.3 Å². The number of carbonyl (C=O) groups is 1. The molecule has 0 saturated carbocycles. The molecule has 0 unspecified atom stereocenters. The van der Waals surface area contributed by atoms with Gasteiger partial charge < -0.3 is 9.80 Å². The fraction of sp³-hybridized carbons (Fsp3) is 0.455. The summed E-state index contributed by atoms with van der Waals surface area (Å²) >= 11 is 2.90. The molecule has 7 nitrogen and oxygen atoms in total. The molecule has 2 aliphatic heterocycles. The normalized spacial score (nSPS) is 20.4. The Kier molecular flexibility index (Phi) is 5.73. The van der Waals surface area contributed by atoms with E-state index in [1.807, 2.05) is 4.90 Å². The van der Waals surface area contributed by atoms with E-state index < -0.39 is 16.1 Å². The van der Waals surface area contributed by atoms with Crippen molar-refractivity contribution in [2.24, 2.45) is 0 Å². The van der Waals surface area contributed by atoms with Crippen LogP contribution >= 0.6 is 22.7 Å². The predicted octanol–water partition coefficient (Wildman–Crippen LogP) is 3.48. The maximum absolute atomic E-state index is 13.3. The van der Waals surface area contributed by atoms with Crippen molar-refractivity contribution in [1.82, 2.24) is 14.2 Å². The standard InChI is InChI=1S/C22H26N4O3S3/c1-15-13-16(2)20-17(14-15)23-22(31-20)25-10-8-24(9-11-25)21(27)18-5-3-7-26(18)32(28,29)19-6-4-12-30-19/h4,6,12-14,18H,3,5,7-11H2,1-2H3/t18-/m1/s1. The number of anilines is 1. The summed E-state index contributed by atoms with van der Waals surface area (Å²) in [5.41, 5.74) is 3.48. The molecule has 10 heteroatoms. The average molecular weight is 491 g/mol. The summed E-state index contributed by atoms with van der Waals surface area (Å²) in [6.07, 6.45) is 1.30. The van der Waals surface area contributed by atoms with Gasteiger partial charge in [0, 0.05) is 32.7 Å². The fourth-order valence-electron chi connectivity index (χ4n) is 4.63. The molecule has 3 aromatic rings. The molecule has 4 heterocycles. The topological polar surface area (TPSA) is 73.8 Å². The van der Waals surface area contributed by atoms with E-state index in [0.29, 0.717) is 49.8 Å². The van der Waals surface area contributed by atoms with Gasteiger partial charge in [0.2, 0.25) is 5.91 Å². The highest BCUT2D eigenvalue weighted by molar-refractivity contribution is 7.91. The molecule has 32 heavy (non-hydrogen) atoms. The molecular weight excluding hydrogens is 464 g/mol. The first kappa shape index (κ1) is 21.8. The molecule has 0 spiro atoms. The fourth-order valence-corrected chi connectivity index (χ4v) is 8.47. The van der Waals surface area contributed by atoms with Crippen molar-refractivity contribution in [1.29, 1.82) is 0 Å². The zero-order chi connectivity index (χ0) is 22.5. The molecule has 1 amide bonds. The first-order valence-corrected chi connectivity index (χ1v) is 13.9. The van der Waals surface area contributed by atoms with Crippen molar-refractivity contribution in [2.75, 3.05) is 37.6 Å². The Hall–Kier alpha value is -2.01. The molecule has 0 radical (unpaired) electrons. The Balaban J connectivity index is 1.28. The van der Waals surface area contributed by atoms with Gasteiger partial charge in [-0.2, -0.15) is 4.31 Å². The zero-order valence-electron chi connectivity index (χ0n) is 18.2. The van der Waals surface area contributed by atoms with E-state index in [1.165, 1.54) is 31.5 Å². The SMILES string of the molecule is Cc1cc(C)c2sc(N3CCN(C(=O)[C@H]4CCCN4S(=O)(=O)c4cccs4)CC3)nc2c1. The average Bonchev–Trinajstić information content (AvgIpc) is 3.53. The lowest BCUT2D eigenvalue weighted by Gasteiger charge is -2.37. The third kappa shape index (κ3) is 3.83. The number of aryl methyl sites for hydroxylation is 2. The molecule has 0 aliphatic carbocycles. The number of thiazole rings is 1. The molecule has 1 atom stereocenters. The molecule has 2 saturated heterocycles. The molecular formula is C22H26N4O3S3. The molecule has 0 N–H and O–H groups in total. The van der Waals surface area contributed by atoms with Gasteiger partial charge in [-0.3, -0.25) is 4.79 Å². The van der Waals surface area contributed by atoms with Crippen LogP contribution in [0.5, 0.6) is 0 Å². The van der Waals surface area contributed by atoms with E-state index in [9.17, 15) is 13.2 Å². The van der Waals surface area contributed by atoms with Crippen LogP contribution in [0.2, 0.25) is 0 Å². The number of aromatic nitrogens is 1. The molecule has 0 bridgehead atoms. The summed E-state index contributed by atoms with van der Waals surface area (Å²) in [6.45, 7) is 7.17. The summed E-state index contributed by atoms with van der Waals surface area (Å²) < 4.78 is 29.0. The number of carbonyl (C=O) groups excluding carboxylic acids is 1. The highest BCUT2D eigenvalue weighted by Gasteiger charge is 2.42. The number of amides is 1. The summed E-state index contributed by atoms with van der Waals surface area (Å²) in [7, 11) is -3.62. The smallest absolute Gasteiger partial charge is 0.253 e. The Morgan fingerprint density at radius 3 is 2.62 bits per heavy atom. The summed E-state index contributed by atoms with van der Waals surface area (Å²) in [5.74, 6) is -0.0712. The molecule has 5 rings (SSSR count). The van der Waals surface area contributed by atoms with E-state index in [-0.39, 0.29) is 5.91 Å². The number of fused-ring (bicyclic) bond motifs is 1. The lowest BCUT2D eigenvalue weighted by atomic mass is 10.1. The van der Waals surface area contributed by atoms with Crippen molar-refractivity contribution in [3.63, 3.8) is 0 Å². The van der Waals surface area contributed by atoms with Crippen molar-refractivity contribution < 1.29 is 13.2 Å². The summed E-state index contributed by atoms with van der Waals surface area (Å²) in [4.78, 5) is 22.2. The van der Waals surface area contributed by atoms with Crippen molar-refractivity contribution in [3.05, 3.63) is 40.8 Å². The van der Waals surface area contributed by atoms with Crippen LogP contribution in [0.15, 0.2) is 33.9 Å². The number of nitrogens with zero attached hydrogens (tertiary/aromatic N) is 4. The van der Waals surface area contributed by atoms with Gasteiger partial charge in [-0.15, -0.1) is 11.3 Å². The van der Waals surface area contributed by atoms with Gasteiger partial charge in [-0.25, -0.2) is 13.4 Å². The van der Waals surface area contributed by atoms with Crippen molar-refractivity contribution in [2.45, 2.75) is 36.9 Å². The van der Waals surface area contributed by atoms with Crippen molar-refractivity contribution >= 4 is 54.0 Å². The first-order chi connectivity index (χ1) is 15.3. The quantitative estimate of drug-likeness (QED) is 0.560. The van der Waals surface area contributed by atoms with Crippen LogP contribution in [0.3, 0.4) is 0 Å². The monoisotopic (exact) mass is 490 g/mol. The molecule has 170 valence electrons. The Labute approximate surface area is 196 Å². The number of rotatable bonds is 4.